The van der Waals surface area contributed by atoms with Crippen molar-refractivity contribution in [3.63, 3.8) is 0 Å². The van der Waals surface area contributed by atoms with Crippen LogP contribution in [0, 0.1) is 0 Å². The van der Waals surface area contributed by atoms with Crippen molar-refractivity contribution in [2.75, 3.05) is 11.9 Å². The van der Waals surface area contributed by atoms with Crippen LogP contribution in [0.15, 0.2) is 48.5 Å². The molecule has 0 unspecified atom stereocenters. The van der Waals surface area contributed by atoms with E-state index in [4.69, 9.17) is 0 Å². The molecule has 1 heterocycles. The van der Waals surface area contributed by atoms with E-state index < -0.39 is 6.04 Å². The smallest absolute Gasteiger partial charge is 0.253 e. The fourth-order valence-electron chi connectivity index (χ4n) is 2.66. The predicted molar refractivity (Wildman–Crippen MR) is 77.2 cm³/mol. The summed E-state index contributed by atoms with van der Waals surface area (Å²) < 4.78 is 0. The van der Waals surface area contributed by atoms with Gasteiger partial charge in [-0.25, -0.2) is 0 Å². The summed E-state index contributed by atoms with van der Waals surface area (Å²) in [6.45, 7) is 0. The fourth-order valence-corrected chi connectivity index (χ4v) is 2.66. The third-order valence-electron chi connectivity index (χ3n) is 3.64. The Balaban J connectivity index is 2.30. The van der Waals surface area contributed by atoms with Crippen LogP contribution in [-0.4, -0.2) is 19.4 Å². The minimum absolute atomic E-state index is 0.144. The van der Waals surface area contributed by atoms with Crippen molar-refractivity contribution in [1.29, 1.82) is 0 Å². The normalized spacial score (nSPS) is 16.9. The number of amides is 2. The van der Waals surface area contributed by atoms with Gasteiger partial charge in [-0.05, 0) is 17.2 Å². The van der Waals surface area contributed by atoms with Crippen molar-refractivity contribution in [2.45, 2.75) is 6.04 Å². The summed E-state index contributed by atoms with van der Waals surface area (Å²) in [4.78, 5) is 25.0. The maximum absolute atomic E-state index is 12.6. The summed E-state index contributed by atoms with van der Waals surface area (Å²) in [5, 5.41) is 2.62. The van der Waals surface area contributed by atoms with Crippen molar-refractivity contribution in [1.82, 2.24) is 5.32 Å². The van der Waals surface area contributed by atoms with E-state index in [1.807, 2.05) is 48.5 Å². The molecule has 0 radical (unpaired) electrons. The average Bonchev–Trinajstić information content (AvgIpc) is 2.58. The Hall–Kier alpha value is -2.62. The number of para-hydroxylation sites is 1. The first-order chi connectivity index (χ1) is 9.74. The number of likely N-dealkylation sites (N-methyl/N-ethyl adjacent to an activating group) is 1. The highest BCUT2D eigenvalue weighted by Crippen LogP contribution is 2.39. The molecule has 0 fully saturated rings. The van der Waals surface area contributed by atoms with Gasteiger partial charge in [-0.3, -0.25) is 9.59 Å². The summed E-state index contributed by atoms with van der Waals surface area (Å²) in [6, 6.07) is 14.8. The molecular formula is C16H14N2O2. The second kappa shape index (κ2) is 4.81. The molecule has 0 saturated heterocycles. The van der Waals surface area contributed by atoms with E-state index in [2.05, 4.69) is 5.32 Å². The molecule has 0 aliphatic carbocycles. The molecule has 1 N–H and O–H groups in total. The minimum atomic E-state index is -0.652. The SMILES string of the molecule is CN1C(=O)[C@@H](NC=O)c2ccccc2-c2ccccc21. The number of carbonyl (C=O) groups excluding carboxylic acids is 2. The maximum Gasteiger partial charge on any atom is 0.253 e. The molecule has 1 aliphatic heterocycles. The Labute approximate surface area is 117 Å². The molecule has 0 bridgehead atoms. The van der Waals surface area contributed by atoms with Crippen LogP contribution in [0.4, 0.5) is 5.69 Å². The van der Waals surface area contributed by atoms with Crippen molar-refractivity contribution in [3.8, 4) is 11.1 Å². The number of hydrogen-bond acceptors (Lipinski definition) is 2. The van der Waals surface area contributed by atoms with Crippen LogP contribution in [0.1, 0.15) is 11.6 Å². The molecule has 1 atom stereocenters. The van der Waals surface area contributed by atoms with Crippen LogP contribution in [-0.2, 0) is 9.59 Å². The Morgan fingerprint density at radius 1 is 1.05 bits per heavy atom. The first-order valence-electron chi connectivity index (χ1n) is 6.39. The number of anilines is 1. The first-order valence-corrected chi connectivity index (χ1v) is 6.39. The molecule has 1 aliphatic rings. The molecule has 3 rings (SSSR count). The standard InChI is InChI=1S/C16H14N2O2/c1-18-14-9-5-4-7-12(14)11-6-2-3-8-13(11)15(16(18)20)17-10-19/h2-10,15H,1H3,(H,17,19)/t15-/m0/s1. The van der Waals surface area contributed by atoms with Crippen molar-refractivity contribution in [3.05, 3.63) is 54.1 Å². The number of rotatable bonds is 2. The highest BCUT2D eigenvalue weighted by Gasteiger charge is 2.31. The van der Waals surface area contributed by atoms with E-state index >= 15 is 0 Å². The van der Waals surface area contributed by atoms with Gasteiger partial charge in [0.1, 0.15) is 6.04 Å². The molecule has 100 valence electrons. The summed E-state index contributed by atoms with van der Waals surface area (Å²) in [5.74, 6) is -0.144. The Bertz CT molecular complexity index is 682. The number of hydrogen-bond donors (Lipinski definition) is 1. The van der Waals surface area contributed by atoms with Gasteiger partial charge in [0.15, 0.2) is 0 Å². The summed E-state index contributed by atoms with van der Waals surface area (Å²) in [7, 11) is 1.73. The average molecular weight is 266 g/mol. The predicted octanol–water partition coefficient (Wildman–Crippen LogP) is 2.12. The summed E-state index contributed by atoms with van der Waals surface area (Å²) in [6.07, 6.45) is 0.573. The quantitative estimate of drug-likeness (QED) is 0.846. The van der Waals surface area contributed by atoms with Crippen LogP contribution < -0.4 is 10.2 Å². The Morgan fingerprint density at radius 3 is 2.45 bits per heavy atom. The molecular weight excluding hydrogens is 252 g/mol. The van der Waals surface area contributed by atoms with Crippen molar-refractivity contribution >= 4 is 18.0 Å². The number of nitrogens with zero attached hydrogens (tertiary/aromatic N) is 1. The lowest BCUT2D eigenvalue weighted by molar-refractivity contribution is -0.123. The van der Waals surface area contributed by atoms with Crippen LogP contribution in [0.5, 0.6) is 0 Å². The molecule has 20 heavy (non-hydrogen) atoms. The topological polar surface area (TPSA) is 49.4 Å². The zero-order valence-electron chi connectivity index (χ0n) is 11.0. The van der Waals surface area contributed by atoms with E-state index in [1.165, 1.54) is 0 Å². The summed E-state index contributed by atoms with van der Waals surface area (Å²) >= 11 is 0. The molecule has 4 nitrogen and oxygen atoms in total. The molecule has 0 saturated carbocycles. The number of fused-ring (bicyclic) bond motifs is 3. The van der Waals surface area contributed by atoms with Gasteiger partial charge in [0.2, 0.25) is 6.41 Å². The highest BCUT2D eigenvalue weighted by molar-refractivity contribution is 6.05. The van der Waals surface area contributed by atoms with Gasteiger partial charge < -0.3 is 10.2 Å². The third kappa shape index (κ3) is 1.77. The van der Waals surface area contributed by atoms with Gasteiger partial charge >= 0.3 is 0 Å². The second-order valence-corrected chi connectivity index (χ2v) is 4.72. The highest BCUT2D eigenvalue weighted by atomic mass is 16.2. The van der Waals surface area contributed by atoms with Gasteiger partial charge in [0.05, 0.1) is 5.69 Å². The van der Waals surface area contributed by atoms with Gasteiger partial charge in [0.25, 0.3) is 5.91 Å². The van der Waals surface area contributed by atoms with E-state index in [9.17, 15) is 9.59 Å². The van der Waals surface area contributed by atoms with Gasteiger partial charge in [-0.15, -0.1) is 0 Å². The fraction of sp³-hybridized carbons (Fsp3) is 0.125. The van der Waals surface area contributed by atoms with E-state index in [-0.39, 0.29) is 5.91 Å². The molecule has 0 spiro atoms. The van der Waals surface area contributed by atoms with Crippen molar-refractivity contribution < 1.29 is 9.59 Å². The zero-order valence-corrected chi connectivity index (χ0v) is 11.0. The van der Waals surface area contributed by atoms with Gasteiger partial charge in [-0.1, -0.05) is 42.5 Å². The number of nitrogens with one attached hydrogen (secondary N) is 1. The molecule has 2 aromatic rings. The largest absolute Gasteiger partial charge is 0.343 e. The van der Waals surface area contributed by atoms with Crippen molar-refractivity contribution in [2.24, 2.45) is 0 Å². The van der Waals surface area contributed by atoms with Crippen LogP contribution >= 0.6 is 0 Å². The molecule has 2 aromatic carbocycles. The second-order valence-electron chi connectivity index (χ2n) is 4.72. The maximum atomic E-state index is 12.6. The van der Waals surface area contributed by atoms with Crippen LogP contribution in [0.25, 0.3) is 11.1 Å². The number of carbonyl (C=O) groups is 2. The Morgan fingerprint density at radius 2 is 1.70 bits per heavy atom. The number of benzene rings is 2. The lowest BCUT2D eigenvalue weighted by Crippen LogP contribution is -2.37. The third-order valence-corrected chi connectivity index (χ3v) is 3.64. The molecule has 0 aromatic heterocycles. The van der Waals surface area contributed by atoms with Crippen LogP contribution in [0.3, 0.4) is 0 Å². The molecule has 4 heteroatoms. The van der Waals surface area contributed by atoms with Gasteiger partial charge in [0, 0.05) is 12.6 Å². The monoisotopic (exact) mass is 266 g/mol. The van der Waals surface area contributed by atoms with Gasteiger partial charge in [-0.2, -0.15) is 0 Å². The van der Waals surface area contributed by atoms with E-state index in [0.29, 0.717) is 6.41 Å². The first kappa shape index (κ1) is 12.4. The summed E-state index contributed by atoms with van der Waals surface area (Å²) in [5.41, 5.74) is 3.64. The Kier molecular flexibility index (Phi) is 2.99. The van der Waals surface area contributed by atoms with E-state index in [1.54, 1.807) is 11.9 Å². The van der Waals surface area contributed by atoms with Crippen LogP contribution in [0.2, 0.25) is 0 Å². The zero-order chi connectivity index (χ0) is 14.1. The van der Waals surface area contributed by atoms with E-state index in [0.717, 1.165) is 22.4 Å². The lowest BCUT2D eigenvalue weighted by atomic mass is 9.95. The lowest BCUT2D eigenvalue weighted by Gasteiger charge is -2.21. The molecule has 2 amide bonds. The minimum Gasteiger partial charge on any atom is -0.343 e.